The van der Waals surface area contributed by atoms with Crippen LogP contribution in [0.1, 0.15) is 39.0 Å². The Morgan fingerprint density at radius 3 is 2.29 bits per heavy atom. The maximum atomic E-state index is 13.2. The fourth-order valence-corrected chi connectivity index (χ4v) is 7.16. The number of sulfonamides is 1. The van der Waals surface area contributed by atoms with E-state index in [2.05, 4.69) is 4.72 Å². The third-order valence-corrected chi connectivity index (χ3v) is 8.81. The van der Waals surface area contributed by atoms with Crippen LogP contribution in [0.25, 0.3) is 0 Å². The molecule has 4 aliphatic carbocycles. The molecule has 1 heterocycles. The number of carbonyl (C=O) groups excluding carboxylic acids is 2. The van der Waals surface area contributed by atoms with Gasteiger partial charge in [-0.1, -0.05) is 19.4 Å². The van der Waals surface area contributed by atoms with E-state index in [0.29, 0.717) is 35.9 Å². The largest absolute Gasteiger partial charge is 0.274 e. The van der Waals surface area contributed by atoms with Gasteiger partial charge in [0.25, 0.3) is 0 Å². The number of unbranched alkanes of at least 4 members (excludes halogenated alkanes) is 1. The van der Waals surface area contributed by atoms with Crippen LogP contribution in [0, 0.1) is 35.5 Å². The van der Waals surface area contributed by atoms with Crippen LogP contribution in [-0.2, 0) is 19.6 Å². The second kappa shape index (κ2) is 6.39. The molecular formula is C21H26N2O4S. The van der Waals surface area contributed by atoms with Crippen LogP contribution >= 0.6 is 0 Å². The first kappa shape index (κ1) is 18.3. The highest BCUT2D eigenvalue weighted by Gasteiger charge is 2.68. The molecule has 5 fully saturated rings. The molecule has 6 atom stereocenters. The van der Waals surface area contributed by atoms with Gasteiger partial charge in [-0.25, -0.2) is 18.0 Å². The lowest BCUT2D eigenvalue weighted by Gasteiger charge is -2.42. The quantitative estimate of drug-likeness (QED) is 0.585. The number of carbonyl (C=O) groups is 2. The number of rotatable bonds is 6. The van der Waals surface area contributed by atoms with E-state index in [-0.39, 0.29) is 28.5 Å². The van der Waals surface area contributed by atoms with Gasteiger partial charge in [-0.05, 0) is 67.6 Å². The standard InChI is InChI=1S/C21H26N2O4S/c1-2-3-9-22-28(26,27)13-6-4-5-12(10-13)23-20(24)18-14-7-8-15(17-11-16(14)17)19(18)21(23)25/h4-6,10,14-19,22H,2-3,7-9,11H2,1H3/t14-,15+,16+,17-,18-,19+. The second-order valence-corrected chi connectivity index (χ2v) is 10.5. The number of amides is 2. The summed E-state index contributed by atoms with van der Waals surface area (Å²) < 4.78 is 27.7. The lowest BCUT2D eigenvalue weighted by molar-refractivity contribution is -0.129. The molecular weight excluding hydrogens is 376 g/mol. The summed E-state index contributed by atoms with van der Waals surface area (Å²) in [4.78, 5) is 27.8. The van der Waals surface area contributed by atoms with E-state index in [1.54, 1.807) is 12.1 Å². The van der Waals surface area contributed by atoms with E-state index in [0.717, 1.165) is 25.7 Å². The lowest BCUT2D eigenvalue weighted by atomic mass is 9.59. The van der Waals surface area contributed by atoms with Crippen molar-refractivity contribution in [2.45, 2.75) is 43.9 Å². The van der Waals surface area contributed by atoms with Crippen LogP contribution in [0.5, 0.6) is 0 Å². The topological polar surface area (TPSA) is 83.6 Å². The van der Waals surface area contributed by atoms with Crippen LogP contribution in [0.4, 0.5) is 5.69 Å². The molecule has 0 unspecified atom stereocenters. The average Bonchev–Trinajstić information content (AvgIpc) is 3.46. The monoisotopic (exact) mass is 402 g/mol. The maximum absolute atomic E-state index is 13.2. The molecule has 2 bridgehead atoms. The van der Waals surface area contributed by atoms with E-state index >= 15 is 0 Å². The SMILES string of the molecule is CCCCNS(=O)(=O)c1cccc(N2C(=O)[C@@H]3[C@@H]4CC[C@@H]([C@H]5C[C@H]54)[C@@H]3C2=O)c1. The van der Waals surface area contributed by atoms with Crippen molar-refractivity contribution in [1.29, 1.82) is 0 Å². The third kappa shape index (κ3) is 2.59. The Kier molecular flexibility index (Phi) is 4.18. The summed E-state index contributed by atoms with van der Waals surface area (Å²) in [6.45, 7) is 2.37. The molecule has 150 valence electrons. The van der Waals surface area contributed by atoms with Gasteiger partial charge in [0.1, 0.15) is 0 Å². The maximum Gasteiger partial charge on any atom is 0.240 e. The first-order valence-corrected chi connectivity index (χ1v) is 11.9. The molecule has 1 N–H and O–H groups in total. The summed E-state index contributed by atoms with van der Waals surface area (Å²) in [7, 11) is -3.66. The lowest BCUT2D eigenvalue weighted by Crippen LogP contribution is -2.43. The van der Waals surface area contributed by atoms with E-state index in [4.69, 9.17) is 0 Å². The predicted molar refractivity (Wildman–Crippen MR) is 104 cm³/mol. The molecule has 28 heavy (non-hydrogen) atoms. The van der Waals surface area contributed by atoms with Gasteiger partial charge in [-0.3, -0.25) is 9.59 Å². The smallest absolute Gasteiger partial charge is 0.240 e. The Bertz CT molecular complexity index is 909. The van der Waals surface area contributed by atoms with Gasteiger partial charge >= 0.3 is 0 Å². The van der Waals surface area contributed by atoms with Gasteiger partial charge in [0.15, 0.2) is 0 Å². The zero-order valence-corrected chi connectivity index (χ0v) is 16.8. The molecule has 0 radical (unpaired) electrons. The van der Waals surface area contributed by atoms with Crippen molar-refractivity contribution >= 4 is 27.5 Å². The molecule has 0 aromatic heterocycles. The summed E-state index contributed by atoms with van der Waals surface area (Å²) in [6.07, 6.45) is 4.94. The Labute approximate surface area is 165 Å². The van der Waals surface area contributed by atoms with Crippen molar-refractivity contribution < 1.29 is 18.0 Å². The minimum atomic E-state index is -3.66. The van der Waals surface area contributed by atoms with E-state index in [1.807, 2.05) is 6.92 Å². The van der Waals surface area contributed by atoms with Crippen molar-refractivity contribution in [1.82, 2.24) is 4.72 Å². The van der Waals surface area contributed by atoms with Crippen LogP contribution in [0.3, 0.4) is 0 Å². The summed E-state index contributed by atoms with van der Waals surface area (Å²) in [6, 6.07) is 6.25. The number of imide groups is 1. The zero-order chi connectivity index (χ0) is 19.6. The van der Waals surface area contributed by atoms with Crippen molar-refractivity contribution in [3.63, 3.8) is 0 Å². The van der Waals surface area contributed by atoms with Gasteiger partial charge in [-0.15, -0.1) is 0 Å². The van der Waals surface area contributed by atoms with Gasteiger partial charge in [0.05, 0.1) is 22.4 Å². The number of nitrogens with one attached hydrogen (secondary N) is 1. The first-order chi connectivity index (χ1) is 13.4. The number of hydrogen-bond acceptors (Lipinski definition) is 4. The molecule has 1 aliphatic heterocycles. The Hall–Kier alpha value is -1.73. The Morgan fingerprint density at radius 1 is 1.04 bits per heavy atom. The molecule has 4 saturated carbocycles. The number of anilines is 1. The highest BCUT2D eigenvalue weighted by Crippen LogP contribution is 2.68. The van der Waals surface area contributed by atoms with Crippen LogP contribution in [0.2, 0.25) is 0 Å². The summed E-state index contributed by atoms with van der Waals surface area (Å²) in [5, 5.41) is 0. The van der Waals surface area contributed by atoms with Gasteiger partial charge < -0.3 is 0 Å². The second-order valence-electron chi connectivity index (χ2n) is 8.78. The number of nitrogens with zero attached hydrogens (tertiary/aromatic N) is 1. The molecule has 5 aliphatic rings. The number of fused-ring (bicyclic) bond motifs is 1. The van der Waals surface area contributed by atoms with Crippen molar-refractivity contribution in [3.05, 3.63) is 24.3 Å². The number of hydrogen-bond donors (Lipinski definition) is 1. The molecule has 7 heteroatoms. The molecule has 1 aromatic carbocycles. The Morgan fingerprint density at radius 2 is 1.68 bits per heavy atom. The summed E-state index contributed by atoms with van der Waals surface area (Å²) in [5.41, 5.74) is 0.385. The third-order valence-electron chi connectivity index (χ3n) is 7.35. The fourth-order valence-electron chi connectivity index (χ4n) is 6.05. The van der Waals surface area contributed by atoms with Crippen molar-refractivity contribution in [3.8, 4) is 0 Å². The molecule has 2 amide bonds. The normalized spacial score (nSPS) is 35.8. The fraction of sp³-hybridized carbons (Fsp3) is 0.619. The molecule has 0 spiro atoms. The predicted octanol–water partition coefficient (Wildman–Crippen LogP) is 2.55. The average molecular weight is 403 g/mol. The molecule has 1 saturated heterocycles. The van der Waals surface area contributed by atoms with Gasteiger partial charge in [0.2, 0.25) is 21.8 Å². The summed E-state index contributed by atoms with van der Waals surface area (Å²) >= 11 is 0. The van der Waals surface area contributed by atoms with Crippen LogP contribution < -0.4 is 9.62 Å². The van der Waals surface area contributed by atoms with Crippen molar-refractivity contribution in [2.24, 2.45) is 35.5 Å². The van der Waals surface area contributed by atoms with E-state index in [9.17, 15) is 18.0 Å². The first-order valence-electron chi connectivity index (χ1n) is 10.4. The molecule has 6 rings (SSSR count). The van der Waals surface area contributed by atoms with Gasteiger partial charge in [0, 0.05) is 6.54 Å². The van der Waals surface area contributed by atoms with Crippen LogP contribution in [0.15, 0.2) is 29.2 Å². The van der Waals surface area contributed by atoms with E-state index < -0.39 is 10.0 Å². The van der Waals surface area contributed by atoms with E-state index in [1.165, 1.54) is 23.5 Å². The highest BCUT2D eigenvalue weighted by molar-refractivity contribution is 7.89. The molecule has 1 aromatic rings. The number of benzene rings is 1. The van der Waals surface area contributed by atoms with Crippen LogP contribution in [-0.4, -0.2) is 26.8 Å². The summed E-state index contributed by atoms with van der Waals surface area (Å²) in [5.74, 6) is 1.30. The Balaban J connectivity index is 1.44. The minimum absolute atomic E-state index is 0.0994. The van der Waals surface area contributed by atoms with Crippen molar-refractivity contribution in [2.75, 3.05) is 11.4 Å². The molecule has 6 nitrogen and oxygen atoms in total. The highest BCUT2D eigenvalue weighted by atomic mass is 32.2. The minimum Gasteiger partial charge on any atom is -0.274 e. The zero-order valence-electron chi connectivity index (χ0n) is 16.0. The van der Waals surface area contributed by atoms with Gasteiger partial charge in [-0.2, -0.15) is 0 Å².